The van der Waals surface area contributed by atoms with Crippen molar-refractivity contribution in [2.45, 2.75) is 45.4 Å². The van der Waals surface area contributed by atoms with Crippen molar-refractivity contribution < 1.29 is 19.1 Å². The second-order valence-corrected chi connectivity index (χ2v) is 8.40. The highest BCUT2D eigenvalue weighted by Gasteiger charge is 2.35. The minimum atomic E-state index is -0.579. The Morgan fingerprint density at radius 1 is 1.30 bits per heavy atom. The normalized spacial score (nSPS) is 20.2. The molecule has 2 amide bonds. The van der Waals surface area contributed by atoms with Crippen molar-refractivity contribution in [1.82, 2.24) is 9.80 Å². The van der Waals surface area contributed by atoms with Crippen LogP contribution in [0.5, 0.6) is 0 Å². The van der Waals surface area contributed by atoms with Gasteiger partial charge in [0.05, 0.1) is 25.8 Å². The molecule has 1 atom stereocenters. The van der Waals surface area contributed by atoms with Gasteiger partial charge in [0.2, 0.25) is 0 Å². The molecule has 1 fully saturated rings. The summed E-state index contributed by atoms with van der Waals surface area (Å²) in [5, 5.41) is 0.618. The smallest absolute Gasteiger partial charge is 0.410 e. The first-order valence-electron chi connectivity index (χ1n) is 9.15. The third-order valence-electron chi connectivity index (χ3n) is 4.81. The number of hydrogen-bond donors (Lipinski definition) is 0. The lowest BCUT2D eigenvalue weighted by Crippen LogP contribution is -2.46. The van der Waals surface area contributed by atoms with E-state index in [4.69, 9.17) is 21.1 Å². The summed E-state index contributed by atoms with van der Waals surface area (Å²) in [7, 11) is 0. The quantitative estimate of drug-likeness (QED) is 0.686. The van der Waals surface area contributed by atoms with Gasteiger partial charge in [-0.2, -0.15) is 0 Å². The van der Waals surface area contributed by atoms with Crippen molar-refractivity contribution in [2.75, 3.05) is 26.3 Å². The van der Waals surface area contributed by atoms with E-state index in [0.717, 1.165) is 16.7 Å². The first-order valence-corrected chi connectivity index (χ1v) is 9.53. The molecule has 6 nitrogen and oxygen atoms in total. The number of fused-ring (bicyclic) bond motifs is 1. The number of carbonyl (C=O) groups excluding carboxylic acids is 2. The Balaban J connectivity index is 1.97. The van der Waals surface area contributed by atoms with Crippen molar-refractivity contribution in [3.63, 3.8) is 0 Å². The van der Waals surface area contributed by atoms with Crippen molar-refractivity contribution in [2.24, 2.45) is 0 Å². The van der Waals surface area contributed by atoms with Gasteiger partial charge in [-0.25, -0.2) is 9.59 Å². The molecule has 1 aromatic carbocycles. The van der Waals surface area contributed by atoms with Crippen LogP contribution in [0.4, 0.5) is 4.79 Å². The van der Waals surface area contributed by atoms with Gasteiger partial charge in [-0.15, -0.1) is 0 Å². The van der Waals surface area contributed by atoms with Crippen molar-refractivity contribution in [3.05, 3.63) is 40.8 Å². The summed E-state index contributed by atoms with van der Waals surface area (Å²) in [6, 6.07) is 3.50. The van der Waals surface area contributed by atoms with Crippen LogP contribution >= 0.6 is 11.6 Å². The highest BCUT2D eigenvalue weighted by atomic mass is 35.5. The Hall–Kier alpha value is -1.92. The van der Waals surface area contributed by atoms with E-state index in [0.29, 0.717) is 44.3 Å². The van der Waals surface area contributed by atoms with Gasteiger partial charge in [-0.05, 0) is 56.0 Å². The van der Waals surface area contributed by atoms with E-state index in [2.05, 4.69) is 6.92 Å². The van der Waals surface area contributed by atoms with E-state index < -0.39 is 5.60 Å². The van der Waals surface area contributed by atoms with E-state index >= 15 is 0 Å². The number of halogens is 1. The van der Waals surface area contributed by atoms with Crippen molar-refractivity contribution in [1.29, 1.82) is 0 Å². The van der Waals surface area contributed by atoms with Crippen LogP contribution in [0.15, 0.2) is 12.1 Å². The van der Waals surface area contributed by atoms with Gasteiger partial charge in [0, 0.05) is 18.1 Å². The van der Waals surface area contributed by atoms with Crippen molar-refractivity contribution in [3.8, 4) is 0 Å². The van der Waals surface area contributed by atoms with Crippen LogP contribution in [0.2, 0.25) is 5.02 Å². The van der Waals surface area contributed by atoms with Crippen LogP contribution < -0.4 is 0 Å². The number of morpholine rings is 1. The van der Waals surface area contributed by atoms with Crippen LogP contribution in [0.3, 0.4) is 0 Å². The highest BCUT2D eigenvalue weighted by Crippen LogP contribution is 2.35. The summed E-state index contributed by atoms with van der Waals surface area (Å²) in [6.07, 6.45) is 0.342. The molecule has 2 aliphatic rings. The lowest BCUT2D eigenvalue weighted by Gasteiger charge is -2.39. The third kappa shape index (κ3) is 4.50. The maximum atomic E-state index is 12.8. The predicted molar refractivity (Wildman–Crippen MR) is 102 cm³/mol. The maximum absolute atomic E-state index is 12.8. The second-order valence-electron chi connectivity index (χ2n) is 7.96. The summed E-state index contributed by atoms with van der Waals surface area (Å²) >= 11 is 6.37. The topological polar surface area (TPSA) is 59.1 Å². The number of amides is 2. The Kier molecular flexibility index (Phi) is 5.58. The molecule has 0 radical (unpaired) electrons. The number of rotatable bonds is 1. The monoisotopic (exact) mass is 393 g/mol. The standard InChI is InChI=1S/C20H26ClN2O4/c1-13(24)22-6-5-14-9-15(21)10-16(17(14)11-22)18-12-26-8-7-23(18)19(25)27-20(2,3)4/h9-10,18H,1,5-8,11-12H2,2-4H3/q+1/t18-/m1/s1. The molecule has 0 aliphatic carbocycles. The van der Waals surface area contributed by atoms with Gasteiger partial charge < -0.3 is 9.47 Å². The minimum absolute atomic E-state index is 0.203. The number of carbonyl (C=O) groups is 2. The fraction of sp³-hybridized carbons (Fsp3) is 0.550. The van der Waals surface area contributed by atoms with Gasteiger partial charge in [0.15, 0.2) is 6.92 Å². The molecule has 27 heavy (non-hydrogen) atoms. The molecule has 146 valence electrons. The van der Waals surface area contributed by atoms with Crippen LogP contribution in [0, 0.1) is 6.92 Å². The summed E-state index contributed by atoms with van der Waals surface area (Å²) < 4.78 is 11.3. The maximum Gasteiger partial charge on any atom is 0.410 e. The number of ether oxygens (including phenoxy) is 2. The van der Waals surface area contributed by atoms with E-state index in [1.165, 1.54) is 0 Å². The van der Waals surface area contributed by atoms with Crippen LogP contribution in [0.1, 0.15) is 43.5 Å². The lowest BCUT2D eigenvalue weighted by atomic mass is 9.90. The van der Waals surface area contributed by atoms with E-state index in [1.807, 2.05) is 32.9 Å². The Labute approximate surface area is 165 Å². The van der Waals surface area contributed by atoms with Gasteiger partial charge >= 0.3 is 12.0 Å². The fourth-order valence-electron chi connectivity index (χ4n) is 3.57. The Morgan fingerprint density at radius 2 is 2.04 bits per heavy atom. The average molecular weight is 394 g/mol. The molecule has 3 rings (SSSR count). The molecule has 0 N–H and O–H groups in total. The zero-order chi connectivity index (χ0) is 19.8. The number of hydrogen-bond acceptors (Lipinski definition) is 4. The zero-order valence-corrected chi connectivity index (χ0v) is 16.8. The van der Waals surface area contributed by atoms with E-state index in [1.54, 1.807) is 9.80 Å². The number of nitrogens with zero attached hydrogens (tertiary/aromatic N) is 2. The van der Waals surface area contributed by atoms with Crippen LogP contribution in [0.25, 0.3) is 0 Å². The molecule has 2 heterocycles. The number of benzene rings is 1. The highest BCUT2D eigenvalue weighted by molar-refractivity contribution is 6.30. The third-order valence-corrected chi connectivity index (χ3v) is 5.03. The summed E-state index contributed by atoms with van der Waals surface area (Å²) in [5.41, 5.74) is 2.45. The SMILES string of the molecule is [CH2+]C(=O)N1CCc2cc(Cl)cc([C@H]3COCCN3C(=O)OC(C)(C)C)c2C1. The molecule has 0 spiro atoms. The predicted octanol–water partition coefficient (Wildman–Crippen LogP) is 3.37. The Bertz CT molecular complexity index is 744. The molecule has 0 unspecified atom stereocenters. The summed E-state index contributed by atoms with van der Waals surface area (Å²) in [5.74, 6) is -0.203. The lowest BCUT2D eigenvalue weighted by molar-refractivity contribution is -0.127. The fourth-order valence-corrected chi connectivity index (χ4v) is 3.82. The largest absolute Gasteiger partial charge is 0.444 e. The molecule has 0 bridgehead atoms. The molecule has 7 heteroatoms. The summed E-state index contributed by atoms with van der Waals surface area (Å²) in [4.78, 5) is 27.9. The van der Waals surface area contributed by atoms with E-state index in [9.17, 15) is 9.59 Å². The second kappa shape index (κ2) is 7.60. The van der Waals surface area contributed by atoms with Crippen molar-refractivity contribution >= 4 is 23.6 Å². The molecule has 0 saturated carbocycles. The van der Waals surface area contributed by atoms with Gasteiger partial charge in [0.25, 0.3) is 0 Å². The van der Waals surface area contributed by atoms with Crippen LogP contribution in [-0.2, 0) is 27.2 Å². The molecular weight excluding hydrogens is 368 g/mol. The average Bonchev–Trinajstić information content (AvgIpc) is 2.59. The molecule has 1 saturated heterocycles. The van der Waals surface area contributed by atoms with Crippen LogP contribution in [-0.4, -0.2) is 53.7 Å². The molecule has 0 aromatic heterocycles. The molecule has 2 aliphatic heterocycles. The summed E-state index contributed by atoms with van der Waals surface area (Å²) in [6.45, 7) is 11.4. The Morgan fingerprint density at radius 3 is 2.70 bits per heavy atom. The van der Waals surface area contributed by atoms with Gasteiger partial charge in [-0.3, -0.25) is 9.80 Å². The van der Waals surface area contributed by atoms with Gasteiger partial charge in [-0.1, -0.05) is 11.6 Å². The molecule has 1 aromatic rings. The first-order chi connectivity index (χ1) is 12.7. The zero-order valence-electron chi connectivity index (χ0n) is 16.1. The first kappa shape index (κ1) is 19.8. The molecular formula is C20H26ClN2O4+. The van der Waals surface area contributed by atoms with Gasteiger partial charge in [0.1, 0.15) is 5.60 Å². The van der Waals surface area contributed by atoms with E-state index in [-0.39, 0.29) is 18.0 Å². The minimum Gasteiger partial charge on any atom is -0.444 e.